The summed E-state index contributed by atoms with van der Waals surface area (Å²) in [4.78, 5) is 30.8. The van der Waals surface area contributed by atoms with Crippen LogP contribution >= 0.6 is 0 Å². The lowest BCUT2D eigenvalue weighted by Gasteiger charge is -2.31. The van der Waals surface area contributed by atoms with Crippen LogP contribution in [0.2, 0.25) is 0 Å². The molecule has 188 valence electrons. The van der Waals surface area contributed by atoms with Crippen molar-refractivity contribution in [2.45, 2.75) is 52.0 Å². The number of pyridine rings is 2. The van der Waals surface area contributed by atoms with Crippen LogP contribution in [0.3, 0.4) is 0 Å². The molecule has 6 rings (SSSR count). The van der Waals surface area contributed by atoms with E-state index in [1.807, 2.05) is 42.5 Å². The Balaban J connectivity index is 1.44. The number of nitrogens with two attached hydrogens (primary N) is 1. The molecule has 37 heavy (non-hydrogen) atoms. The minimum Gasteiger partial charge on any atom is -0.489 e. The maximum atomic E-state index is 13.5. The van der Waals surface area contributed by atoms with Crippen molar-refractivity contribution in [3.05, 3.63) is 86.7 Å². The summed E-state index contributed by atoms with van der Waals surface area (Å²) in [5.74, 6) is 0.00452. The number of hydrogen-bond acceptors (Lipinski definition) is 7. The quantitative estimate of drug-likeness (QED) is 0.280. The number of rotatable bonds is 5. The van der Waals surface area contributed by atoms with Crippen molar-refractivity contribution in [3.63, 3.8) is 0 Å². The molecule has 4 aromatic rings. The topological polar surface area (TPSA) is 117 Å². The molecule has 2 aromatic heterocycles. The lowest BCUT2D eigenvalue weighted by atomic mass is 9.86. The van der Waals surface area contributed by atoms with E-state index in [9.17, 15) is 14.7 Å². The number of esters is 1. The van der Waals surface area contributed by atoms with Crippen LogP contribution in [0.25, 0.3) is 22.3 Å². The number of hydrogen-bond donors (Lipinski definition) is 2. The van der Waals surface area contributed by atoms with Gasteiger partial charge in [0, 0.05) is 22.2 Å². The molecule has 1 atom stereocenters. The summed E-state index contributed by atoms with van der Waals surface area (Å²) in [6.45, 7) is 4.42. The third-order valence-corrected chi connectivity index (χ3v) is 7.52. The van der Waals surface area contributed by atoms with Crippen molar-refractivity contribution in [1.29, 1.82) is 0 Å². The summed E-state index contributed by atoms with van der Waals surface area (Å²) in [7, 11) is 0. The normalized spacial score (nSPS) is 17.8. The van der Waals surface area contributed by atoms with Crippen molar-refractivity contribution >= 4 is 22.6 Å². The Morgan fingerprint density at radius 3 is 2.62 bits per heavy atom. The Kier molecular flexibility index (Phi) is 5.31. The second-order valence-electron chi connectivity index (χ2n) is 9.58. The van der Waals surface area contributed by atoms with E-state index in [4.69, 9.17) is 20.2 Å². The molecule has 0 saturated carbocycles. The first-order valence-corrected chi connectivity index (χ1v) is 12.4. The van der Waals surface area contributed by atoms with Gasteiger partial charge in [-0.1, -0.05) is 26.0 Å². The average molecular weight is 498 g/mol. The van der Waals surface area contributed by atoms with E-state index in [0.29, 0.717) is 41.4 Å². The zero-order valence-corrected chi connectivity index (χ0v) is 20.7. The molecule has 2 aliphatic heterocycles. The Hall–Kier alpha value is -4.17. The first-order chi connectivity index (χ1) is 17.8. The van der Waals surface area contributed by atoms with Gasteiger partial charge in [0.2, 0.25) is 0 Å². The standard InChI is InChI=1S/C29H27N3O5/c1-3-19-20-11-18(36-14-16-5-7-17(30)8-6-16)9-10-24(20)31-26-21(19)13-32-25(26)12-23-22(27(32)33)15-37-28(34)29(23,35)4-2/h5-12,35H,3-4,13-15,30H2,1-2H3/t29-/m0/s1. The summed E-state index contributed by atoms with van der Waals surface area (Å²) in [6, 6.07) is 15.1. The van der Waals surface area contributed by atoms with Gasteiger partial charge in [-0.05, 0) is 60.4 Å². The van der Waals surface area contributed by atoms with Gasteiger partial charge >= 0.3 is 5.97 Å². The Morgan fingerprint density at radius 1 is 1.11 bits per heavy atom. The molecular weight excluding hydrogens is 470 g/mol. The smallest absolute Gasteiger partial charge is 0.343 e. The highest BCUT2D eigenvalue weighted by Crippen LogP contribution is 2.40. The van der Waals surface area contributed by atoms with Crippen LogP contribution in [-0.2, 0) is 41.3 Å². The number of anilines is 1. The number of nitrogen functional groups attached to an aromatic ring is 1. The van der Waals surface area contributed by atoms with E-state index in [0.717, 1.165) is 39.8 Å². The van der Waals surface area contributed by atoms with Crippen LogP contribution in [0.15, 0.2) is 53.3 Å². The molecule has 0 spiro atoms. The number of ether oxygens (including phenoxy) is 2. The van der Waals surface area contributed by atoms with Crippen LogP contribution in [0.5, 0.6) is 5.75 Å². The zero-order chi connectivity index (χ0) is 25.9. The molecule has 0 amide bonds. The van der Waals surface area contributed by atoms with E-state index in [2.05, 4.69) is 6.92 Å². The van der Waals surface area contributed by atoms with Gasteiger partial charge in [0.15, 0.2) is 5.60 Å². The van der Waals surface area contributed by atoms with E-state index in [1.165, 1.54) is 0 Å². The SMILES string of the molecule is CCc1c2c(nc3ccc(OCc4ccc(N)cc4)cc13)-c1cc3c(c(=O)n1C2)COC(=O)[C@]3(O)CC. The Bertz CT molecular complexity index is 1640. The van der Waals surface area contributed by atoms with Crippen LogP contribution in [-0.4, -0.2) is 20.6 Å². The Labute approximate surface area is 213 Å². The molecule has 0 saturated heterocycles. The largest absolute Gasteiger partial charge is 0.489 e. The monoisotopic (exact) mass is 497 g/mol. The molecule has 0 unspecified atom stereocenters. The molecule has 2 aromatic carbocycles. The molecule has 8 heteroatoms. The molecule has 2 aliphatic rings. The third kappa shape index (κ3) is 3.51. The van der Waals surface area contributed by atoms with Gasteiger partial charge < -0.3 is 24.9 Å². The van der Waals surface area contributed by atoms with Crippen LogP contribution < -0.4 is 16.0 Å². The number of cyclic esters (lactones) is 1. The summed E-state index contributed by atoms with van der Waals surface area (Å²) in [5.41, 5.74) is 10.2. The molecular formula is C29H27N3O5. The highest BCUT2D eigenvalue weighted by Gasteiger charge is 2.45. The number of nitrogens with zero attached hydrogens (tertiary/aromatic N) is 2. The highest BCUT2D eigenvalue weighted by molar-refractivity contribution is 5.90. The summed E-state index contributed by atoms with van der Waals surface area (Å²) in [5, 5.41) is 12.1. The van der Waals surface area contributed by atoms with Gasteiger partial charge in [-0.15, -0.1) is 0 Å². The molecule has 0 bridgehead atoms. The fourth-order valence-corrected chi connectivity index (χ4v) is 5.42. The predicted octanol–water partition coefficient (Wildman–Crippen LogP) is 3.80. The van der Waals surface area contributed by atoms with Crippen molar-refractivity contribution in [2.24, 2.45) is 0 Å². The first kappa shape index (κ1) is 23.2. The van der Waals surface area contributed by atoms with E-state index < -0.39 is 11.6 Å². The summed E-state index contributed by atoms with van der Waals surface area (Å²) >= 11 is 0. The van der Waals surface area contributed by atoms with Crippen LogP contribution in [0.1, 0.15) is 48.1 Å². The van der Waals surface area contributed by atoms with Crippen molar-refractivity contribution in [3.8, 4) is 17.1 Å². The van der Waals surface area contributed by atoms with Crippen molar-refractivity contribution in [1.82, 2.24) is 9.55 Å². The molecule has 3 N–H and O–H groups in total. The third-order valence-electron chi connectivity index (χ3n) is 7.52. The number of aliphatic hydroxyl groups is 1. The van der Waals surface area contributed by atoms with Gasteiger partial charge in [0.1, 0.15) is 19.0 Å². The van der Waals surface area contributed by atoms with Gasteiger partial charge in [0.05, 0.1) is 29.0 Å². The van der Waals surface area contributed by atoms with Gasteiger partial charge in [0.25, 0.3) is 5.56 Å². The minimum absolute atomic E-state index is 0.110. The molecule has 0 radical (unpaired) electrons. The average Bonchev–Trinajstić information content (AvgIpc) is 3.28. The first-order valence-electron chi connectivity index (χ1n) is 12.4. The lowest BCUT2D eigenvalue weighted by Crippen LogP contribution is -2.44. The zero-order valence-electron chi connectivity index (χ0n) is 20.7. The van der Waals surface area contributed by atoms with E-state index >= 15 is 0 Å². The number of aryl methyl sites for hydroxylation is 1. The molecule has 8 nitrogen and oxygen atoms in total. The summed E-state index contributed by atoms with van der Waals surface area (Å²) < 4.78 is 12.9. The maximum absolute atomic E-state index is 13.5. The van der Waals surface area contributed by atoms with Crippen molar-refractivity contribution in [2.75, 3.05) is 5.73 Å². The number of benzene rings is 2. The second kappa shape index (κ2) is 8.45. The lowest BCUT2D eigenvalue weighted by molar-refractivity contribution is -0.172. The number of carbonyl (C=O) groups is 1. The molecule has 0 fully saturated rings. The van der Waals surface area contributed by atoms with Crippen molar-refractivity contribution < 1.29 is 19.4 Å². The van der Waals surface area contributed by atoms with Crippen LogP contribution in [0.4, 0.5) is 5.69 Å². The Morgan fingerprint density at radius 2 is 1.89 bits per heavy atom. The second-order valence-corrected chi connectivity index (χ2v) is 9.58. The highest BCUT2D eigenvalue weighted by atomic mass is 16.6. The fraction of sp³-hybridized carbons (Fsp3) is 0.276. The number of fused-ring (bicyclic) bond motifs is 5. The van der Waals surface area contributed by atoms with E-state index in [-0.39, 0.29) is 18.6 Å². The van der Waals surface area contributed by atoms with Gasteiger partial charge in [-0.3, -0.25) is 4.79 Å². The predicted molar refractivity (Wildman–Crippen MR) is 139 cm³/mol. The van der Waals surface area contributed by atoms with Gasteiger partial charge in [-0.25, -0.2) is 9.78 Å². The summed E-state index contributed by atoms with van der Waals surface area (Å²) in [6.07, 6.45) is 0.852. The van der Waals surface area contributed by atoms with E-state index in [1.54, 1.807) is 17.6 Å². The number of carbonyl (C=O) groups excluding carboxylic acids is 1. The fourth-order valence-electron chi connectivity index (χ4n) is 5.42. The number of aromatic nitrogens is 2. The molecule has 0 aliphatic carbocycles. The maximum Gasteiger partial charge on any atom is 0.343 e. The van der Waals surface area contributed by atoms with Crippen LogP contribution in [0, 0.1) is 0 Å². The molecule has 4 heterocycles. The van der Waals surface area contributed by atoms with Gasteiger partial charge in [-0.2, -0.15) is 0 Å². The minimum atomic E-state index is -1.84.